The third-order valence-electron chi connectivity index (χ3n) is 4.76. The minimum absolute atomic E-state index is 0.109. The van der Waals surface area contributed by atoms with Gasteiger partial charge in [-0.3, -0.25) is 9.36 Å². The molecule has 0 bridgehead atoms. The summed E-state index contributed by atoms with van der Waals surface area (Å²) in [6, 6.07) is 11.8. The van der Waals surface area contributed by atoms with Gasteiger partial charge in [-0.25, -0.2) is 8.42 Å². The number of aromatic nitrogens is 3. The van der Waals surface area contributed by atoms with Gasteiger partial charge in [0.05, 0.1) is 16.3 Å². The van der Waals surface area contributed by atoms with E-state index in [0.29, 0.717) is 29.0 Å². The molecule has 0 atom stereocenters. The van der Waals surface area contributed by atoms with Gasteiger partial charge in [0.2, 0.25) is 15.9 Å². The Morgan fingerprint density at radius 2 is 1.84 bits per heavy atom. The van der Waals surface area contributed by atoms with Crippen molar-refractivity contribution in [2.75, 3.05) is 24.2 Å². The van der Waals surface area contributed by atoms with Crippen molar-refractivity contribution in [1.82, 2.24) is 19.1 Å². The van der Waals surface area contributed by atoms with Gasteiger partial charge in [0.25, 0.3) is 0 Å². The van der Waals surface area contributed by atoms with E-state index in [1.165, 1.54) is 28.2 Å². The fraction of sp³-hybridized carbons (Fsp3) is 0.286. The third-order valence-corrected chi connectivity index (χ3v) is 8.18. The lowest BCUT2D eigenvalue weighted by atomic mass is 10.2. The lowest BCUT2D eigenvalue weighted by Gasteiger charge is -2.18. The Morgan fingerprint density at radius 1 is 1.16 bits per heavy atom. The number of nitrogens with zero attached hydrogens (tertiary/aromatic N) is 4. The number of nitrogens with one attached hydrogen (secondary N) is 1. The summed E-state index contributed by atoms with van der Waals surface area (Å²) in [5.74, 6) is -0.136. The zero-order valence-corrected chi connectivity index (χ0v) is 20.3. The molecule has 32 heavy (non-hydrogen) atoms. The summed E-state index contributed by atoms with van der Waals surface area (Å²) in [6.45, 7) is 6.30. The number of hydrogen-bond donors (Lipinski definition) is 1. The van der Waals surface area contributed by atoms with Crippen LogP contribution in [-0.4, -0.2) is 52.2 Å². The maximum atomic E-state index is 12.6. The van der Waals surface area contributed by atoms with Crippen LogP contribution in [0, 0.1) is 6.92 Å². The standard InChI is InChI=1S/C21H24ClN5O3S2/c1-4-26(5-2)32(29,30)18-10-7-16(8-11-18)24-20(28)13-31-21-25-23-14-27(21)17-9-6-15(3)19(22)12-17/h6-12,14H,4-5,13H2,1-3H3,(H,24,28). The Bertz CT molecular complexity index is 1190. The van der Waals surface area contributed by atoms with Gasteiger partial charge in [0, 0.05) is 23.8 Å². The van der Waals surface area contributed by atoms with Crippen molar-refractivity contribution in [1.29, 1.82) is 0 Å². The van der Waals surface area contributed by atoms with Crippen LogP contribution in [0.25, 0.3) is 5.69 Å². The Hall–Kier alpha value is -2.40. The van der Waals surface area contributed by atoms with E-state index in [1.54, 1.807) is 36.9 Å². The predicted octanol–water partition coefficient (Wildman–Crippen LogP) is 3.99. The van der Waals surface area contributed by atoms with E-state index in [4.69, 9.17) is 11.6 Å². The van der Waals surface area contributed by atoms with Gasteiger partial charge in [-0.2, -0.15) is 4.31 Å². The van der Waals surface area contributed by atoms with Crippen LogP contribution >= 0.6 is 23.4 Å². The number of aryl methyl sites for hydroxylation is 1. The van der Waals surface area contributed by atoms with Gasteiger partial charge < -0.3 is 5.32 Å². The number of amides is 1. The highest BCUT2D eigenvalue weighted by Gasteiger charge is 2.21. The van der Waals surface area contributed by atoms with E-state index in [2.05, 4.69) is 15.5 Å². The van der Waals surface area contributed by atoms with Gasteiger partial charge in [-0.15, -0.1) is 10.2 Å². The highest BCUT2D eigenvalue weighted by molar-refractivity contribution is 7.99. The van der Waals surface area contributed by atoms with Gasteiger partial charge >= 0.3 is 0 Å². The molecule has 0 spiro atoms. The SMILES string of the molecule is CCN(CC)S(=O)(=O)c1ccc(NC(=O)CSc2nncn2-c2ccc(C)c(Cl)c2)cc1. The second kappa shape index (κ2) is 10.5. The first-order valence-corrected chi connectivity index (χ1v) is 12.8. The minimum atomic E-state index is -3.53. The highest BCUT2D eigenvalue weighted by Crippen LogP contribution is 2.24. The van der Waals surface area contributed by atoms with Crippen LogP contribution in [-0.2, 0) is 14.8 Å². The van der Waals surface area contributed by atoms with Crippen molar-refractivity contribution in [3.05, 3.63) is 59.4 Å². The number of benzene rings is 2. The molecule has 1 heterocycles. The molecule has 1 amide bonds. The van der Waals surface area contributed by atoms with E-state index in [1.807, 2.05) is 25.1 Å². The molecule has 1 aromatic heterocycles. The van der Waals surface area contributed by atoms with Crippen molar-refractivity contribution in [3.63, 3.8) is 0 Å². The lowest BCUT2D eigenvalue weighted by molar-refractivity contribution is -0.113. The molecule has 0 unspecified atom stereocenters. The fourth-order valence-corrected chi connectivity index (χ4v) is 5.34. The second-order valence-electron chi connectivity index (χ2n) is 6.87. The quantitative estimate of drug-likeness (QED) is 0.453. The zero-order chi connectivity index (χ0) is 23.3. The topological polar surface area (TPSA) is 97.2 Å². The van der Waals surface area contributed by atoms with Crippen molar-refractivity contribution >= 4 is 45.0 Å². The molecule has 0 aliphatic heterocycles. The van der Waals surface area contributed by atoms with Crippen molar-refractivity contribution < 1.29 is 13.2 Å². The Kier molecular flexibility index (Phi) is 7.94. The van der Waals surface area contributed by atoms with Crippen LogP contribution < -0.4 is 5.32 Å². The van der Waals surface area contributed by atoms with Crippen molar-refractivity contribution in [2.45, 2.75) is 30.8 Å². The molecule has 0 aliphatic carbocycles. The van der Waals surface area contributed by atoms with Crippen LogP contribution in [0.15, 0.2) is 58.8 Å². The fourth-order valence-electron chi connectivity index (χ4n) is 2.98. The molecule has 0 saturated heterocycles. The predicted molar refractivity (Wildman–Crippen MR) is 127 cm³/mol. The number of sulfonamides is 1. The summed E-state index contributed by atoms with van der Waals surface area (Å²) in [5, 5.41) is 12.0. The Labute approximate surface area is 197 Å². The number of carbonyl (C=O) groups excluding carboxylic acids is 1. The van der Waals surface area contributed by atoms with Gasteiger partial charge in [-0.05, 0) is 48.9 Å². The van der Waals surface area contributed by atoms with Crippen LogP contribution in [0.4, 0.5) is 5.69 Å². The second-order valence-corrected chi connectivity index (χ2v) is 10.2. The first kappa shape index (κ1) is 24.2. The molecule has 11 heteroatoms. The Balaban J connectivity index is 1.63. The molecule has 2 aromatic carbocycles. The first-order valence-electron chi connectivity index (χ1n) is 9.95. The van der Waals surface area contributed by atoms with E-state index >= 15 is 0 Å². The molecule has 0 saturated carbocycles. The Morgan fingerprint density at radius 3 is 2.47 bits per heavy atom. The molecule has 1 N–H and O–H groups in total. The molecule has 3 rings (SSSR count). The smallest absolute Gasteiger partial charge is 0.243 e. The molecule has 0 aliphatic rings. The molecule has 0 radical (unpaired) electrons. The molecular weight excluding hydrogens is 470 g/mol. The van der Waals surface area contributed by atoms with Gasteiger partial charge in [-0.1, -0.05) is 43.3 Å². The average molecular weight is 494 g/mol. The highest BCUT2D eigenvalue weighted by atomic mass is 35.5. The maximum Gasteiger partial charge on any atom is 0.243 e. The van der Waals surface area contributed by atoms with Crippen LogP contribution in [0.5, 0.6) is 0 Å². The number of rotatable bonds is 9. The minimum Gasteiger partial charge on any atom is -0.325 e. The summed E-state index contributed by atoms with van der Waals surface area (Å²) in [4.78, 5) is 12.6. The summed E-state index contributed by atoms with van der Waals surface area (Å²) >= 11 is 7.44. The first-order chi connectivity index (χ1) is 15.3. The molecular formula is C21H24ClN5O3S2. The normalized spacial score (nSPS) is 11.7. The van der Waals surface area contributed by atoms with Crippen molar-refractivity contribution in [3.8, 4) is 5.69 Å². The van der Waals surface area contributed by atoms with Crippen LogP contribution in [0.3, 0.4) is 0 Å². The molecule has 170 valence electrons. The molecule has 0 fully saturated rings. The average Bonchev–Trinajstić information content (AvgIpc) is 3.24. The number of halogens is 1. The lowest BCUT2D eigenvalue weighted by Crippen LogP contribution is -2.30. The van der Waals surface area contributed by atoms with Crippen LogP contribution in [0.1, 0.15) is 19.4 Å². The van der Waals surface area contributed by atoms with E-state index in [0.717, 1.165) is 11.3 Å². The summed E-state index contributed by atoms with van der Waals surface area (Å²) in [7, 11) is -3.53. The van der Waals surface area contributed by atoms with Crippen LogP contribution in [0.2, 0.25) is 5.02 Å². The van der Waals surface area contributed by atoms with Crippen molar-refractivity contribution in [2.24, 2.45) is 0 Å². The molecule has 8 nitrogen and oxygen atoms in total. The van der Waals surface area contributed by atoms with E-state index < -0.39 is 10.0 Å². The number of hydrogen-bond acceptors (Lipinski definition) is 6. The largest absolute Gasteiger partial charge is 0.325 e. The summed E-state index contributed by atoms with van der Waals surface area (Å²) < 4.78 is 28.3. The summed E-state index contributed by atoms with van der Waals surface area (Å²) in [6.07, 6.45) is 1.57. The molecule has 3 aromatic rings. The number of thioether (sulfide) groups is 1. The number of carbonyl (C=O) groups is 1. The van der Waals surface area contributed by atoms with Gasteiger partial charge in [0.1, 0.15) is 6.33 Å². The maximum absolute atomic E-state index is 12.6. The number of anilines is 1. The zero-order valence-electron chi connectivity index (χ0n) is 17.9. The van der Waals surface area contributed by atoms with E-state index in [-0.39, 0.29) is 16.6 Å². The van der Waals surface area contributed by atoms with Gasteiger partial charge in [0.15, 0.2) is 5.16 Å². The monoisotopic (exact) mass is 493 g/mol. The third kappa shape index (κ3) is 5.50. The van der Waals surface area contributed by atoms with E-state index in [9.17, 15) is 13.2 Å². The summed E-state index contributed by atoms with van der Waals surface area (Å²) in [5.41, 5.74) is 2.28.